The second-order valence-corrected chi connectivity index (χ2v) is 5.26. The average Bonchev–Trinajstić information content (AvgIpc) is 2.04. The second-order valence-electron chi connectivity index (χ2n) is 3.11. The van der Waals surface area contributed by atoms with E-state index in [2.05, 4.69) is 22.6 Å². The minimum atomic E-state index is -0.205. The van der Waals surface area contributed by atoms with Crippen molar-refractivity contribution in [2.45, 2.75) is 35.7 Å². The van der Waals surface area contributed by atoms with Gasteiger partial charge in [-0.3, -0.25) is 0 Å². The summed E-state index contributed by atoms with van der Waals surface area (Å²) in [6.07, 6.45) is 2.79. The van der Waals surface area contributed by atoms with Crippen LogP contribution in [0.2, 0.25) is 0 Å². The monoisotopic (exact) mass is 270 g/mol. The predicted octanol–water partition coefficient (Wildman–Crippen LogP) is 1.74. The van der Waals surface area contributed by atoms with Crippen molar-refractivity contribution in [2.24, 2.45) is 0 Å². The Bertz CT molecular complexity index is 121. The summed E-state index contributed by atoms with van der Waals surface area (Å²) < 4.78 is 5.33. The summed E-state index contributed by atoms with van der Waals surface area (Å²) in [6, 6.07) is 0. The van der Waals surface area contributed by atoms with Crippen LogP contribution in [-0.4, -0.2) is 27.8 Å². The Morgan fingerprint density at radius 1 is 1.73 bits per heavy atom. The van der Waals surface area contributed by atoms with Crippen molar-refractivity contribution >= 4 is 22.6 Å². The van der Waals surface area contributed by atoms with Gasteiger partial charge in [0.2, 0.25) is 0 Å². The van der Waals surface area contributed by atoms with Gasteiger partial charge in [0.05, 0.1) is 16.1 Å². The van der Waals surface area contributed by atoms with Crippen molar-refractivity contribution in [2.75, 3.05) is 13.2 Å². The fraction of sp³-hybridized carbons (Fsp3) is 1.00. The molecule has 3 heteroatoms. The van der Waals surface area contributed by atoms with Crippen molar-refractivity contribution in [3.63, 3.8) is 0 Å². The van der Waals surface area contributed by atoms with Crippen LogP contribution in [0.15, 0.2) is 0 Å². The molecule has 0 amide bonds. The van der Waals surface area contributed by atoms with Crippen molar-refractivity contribution in [1.29, 1.82) is 0 Å². The molecule has 2 atom stereocenters. The van der Waals surface area contributed by atoms with E-state index in [1.54, 1.807) is 0 Å². The molecule has 1 N–H and O–H groups in total. The molecule has 1 aliphatic rings. The van der Waals surface area contributed by atoms with Gasteiger partial charge in [0.1, 0.15) is 0 Å². The van der Waals surface area contributed by atoms with E-state index in [-0.39, 0.29) is 9.53 Å². The molecule has 1 aliphatic heterocycles. The molecule has 0 spiro atoms. The number of rotatable bonds is 2. The van der Waals surface area contributed by atoms with E-state index in [9.17, 15) is 5.11 Å². The van der Waals surface area contributed by atoms with E-state index in [4.69, 9.17) is 4.74 Å². The molecule has 2 nitrogen and oxygen atoms in total. The molecule has 0 bridgehead atoms. The van der Waals surface area contributed by atoms with Crippen LogP contribution >= 0.6 is 22.6 Å². The second kappa shape index (κ2) is 4.05. The van der Waals surface area contributed by atoms with Crippen LogP contribution in [0, 0.1) is 0 Å². The highest BCUT2D eigenvalue weighted by Crippen LogP contribution is 2.33. The number of alkyl halides is 1. The van der Waals surface area contributed by atoms with E-state index >= 15 is 0 Å². The van der Waals surface area contributed by atoms with Gasteiger partial charge in [-0.2, -0.15) is 0 Å². The van der Waals surface area contributed by atoms with Gasteiger partial charge in [-0.05, 0) is 19.3 Å². The molecule has 1 saturated heterocycles. The molecule has 66 valence electrons. The molecule has 0 aromatic rings. The number of hydrogen-bond donors (Lipinski definition) is 1. The first-order valence-electron chi connectivity index (χ1n) is 4.14. The maximum absolute atomic E-state index is 9.65. The molecule has 0 aromatic carbocycles. The summed E-state index contributed by atoms with van der Waals surface area (Å²) >= 11 is 2.34. The Hall–Kier alpha value is 0.650. The lowest BCUT2D eigenvalue weighted by Gasteiger charge is -2.35. The number of ether oxygens (including phenoxy) is 1. The number of hydrogen-bond acceptors (Lipinski definition) is 2. The SMILES string of the molecule is CCC(O)C1(I)CCCOC1. The topological polar surface area (TPSA) is 29.5 Å². The van der Waals surface area contributed by atoms with Gasteiger partial charge in [-0.25, -0.2) is 0 Å². The zero-order valence-corrected chi connectivity index (χ0v) is 9.00. The molecule has 2 unspecified atom stereocenters. The zero-order chi connectivity index (χ0) is 8.32. The van der Waals surface area contributed by atoms with Gasteiger partial charge in [-0.15, -0.1) is 0 Å². The molecule has 1 rings (SSSR count). The normalized spacial score (nSPS) is 35.2. The molecular weight excluding hydrogens is 255 g/mol. The van der Waals surface area contributed by atoms with Crippen molar-refractivity contribution in [3.8, 4) is 0 Å². The lowest BCUT2D eigenvalue weighted by Crippen LogP contribution is -2.43. The molecule has 11 heavy (non-hydrogen) atoms. The molecule has 0 aliphatic carbocycles. The minimum Gasteiger partial charge on any atom is -0.392 e. The number of aliphatic hydroxyl groups is 1. The Morgan fingerprint density at radius 2 is 2.45 bits per heavy atom. The molecule has 0 saturated carbocycles. The lowest BCUT2D eigenvalue weighted by molar-refractivity contribution is 0.0170. The standard InChI is InChI=1S/C8H15IO2/c1-2-7(10)8(9)4-3-5-11-6-8/h7,10H,2-6H2,1H3. The molecule has 0 radical (unpaired) electrons. The highest BCUT2D eigenvalue weighted by molar-refractivity contribution is 14.1. The van der Waals surface area contributed by atoms with Gasteiger partial charge in [-0.1, -0.05) is 29.5 Å². The van der Waals surface area contributed by atoms with Gasteiger partial charge >= 0.3 is 0 Å². The van der Waals surface area contributed by atoms with Crippen molar-refractivity contribution < 1.29 is 9.84 Å². The fourth-order valence-corrected chi connectivity index (χ4v) is 2.45. The first-order valence-corrected chi connectivity index (χ1v) is 5.21. The Kier molecular flexibility index (Phi) is 3.58. The number of aliphatic hydroxyl groups excluding tert-OH is 1. The first-order chi connectivity index (χ1) is 5.19. The van der Waals surface area contributed by atoms with Crippen LogP contribution in [0.3, 0.4) is 0 Å². The number of halogens is 1. The average molecular weight is 270 g/mol. The zero-order valence-electron chi connectivity index (χ0n) is 6.85. The fourth-order valence-electron chi connectivity index (χ4n) is 1.41. The molecule has 1 heterocycles. The van der Waals surface area contributed by atoms with E-state index in [1.165, 1.54) is 0 Å². The third-order valence-corrected chi connectivity index (χ3v) is 3.78. The van der Waals surface area contributed by atoms with E-state index < -0.39 is 0 Å². The van der Waals surface area contributed by atoms with E-state index in [0.717, 1.165) is 25.9 Å². The third kappa shape index (κ3) is 2.29. The van der Waals surface area contributed by atoms with Crippen LogP contribution in [0.4, 0.5) is 0 Å². The molecule has 1 fully saturated rings. The van der Waals surface area contributed by atoms with E-state index in [1.807, 2.05) is 6.92 Å². The van der Waals surface area contributed by atoms with Gasteiger partial charge in [0, 0.05) is 6.61 Å². The first kappa shape index (κ1) is 9.74. The van der Waals surface area contributed by atoms with Gasteiger partial charge < -0.3 is 9.84 Å². The largest absolute Gasteiger partial charge is 0.392 e. The van der Waals surface area contributed by atoms with Crippen LogP contribution in [0.1, 0.15) is 26.2 Å². The summed E-state index contributed by atoms with van der Waals surface area (Å²) in [4.78, 5) is 0. The van der Waals surface area contributed by atoms with Gasteiger partial charge in [0.15, 0.2) is 0 Å². The summed E-state index contributed by atoms with van der Waals surface area (Å²) in [6.45, 7) is 3.59. The highest BCUT2D eigenvalue weighted by atomic mass is 127. The quantitative estimate of drug-likeness (QED) is 0.611. The maximum atomic E-state index is 9.65. The molecular formula is C8H15IO2. The van der Waals surface area contributed by atoms with Crippen LogP contribution in [0.25, 0.3) is 0 Å². The van der Waals surface area contributed by atoms with Crippen LogP contribution < -0.4 is 0 Å². The smallest absolute Gasteiger partial charge is 0.0714 e. The Morgan fingerprint density at radius 3 is 2.91 bits per heavy atom. The maximum Gasteiger partial charge on any atom is 0.0714 e. The lowest BCUT2D eigenvalue weighted by atomic mass is 9.94. The summed E-state index contributed by atoms with van der Waals surface area (Å²) in [5.74, 6) is 0. The minimum absolute atomic E-state index is 0.00917. The van der Waals surface area contributed by atoms with Crippen LogP contribution in [0.5, 0.6) is 0 Å². The summed E-state index contributed by atoms with van der Waals surface area (Å²) in [7, 11) is 0. The van der Waals surface area contributed by atoms with Crippen molar-refractivity contribution in [1.82, 2.24) is 0 Å². The molecule has 0 aromatic heterocycles. The predicted molar refractivity (Wildman–Crippen MR) is 53.1 cm³/mol. The highest BCUT2D eigenvalue weighted by Gasteiger charge is 2.35. The third-order valence-electron chi connectivity index (χ3n) is 2.21. The van der Waals surface area contributed by atoms with Crippen molar-refractivity contribution in [3.05, 3.63) is 0 Å². The summed E-state index contributed by atoms with van der Waals surface area (Å²) in [5.41, 5.74) is 0. The Balaban J connectivity index is 2.49. The van der Waals surface area contributed by atoms with Crippen LogP contribution in [-0.2, 0) is 4.74 Å². The Labute approximate surface area is 81.5 Å². The van der Waals surface area contributed by atoms with E-state index in [0.29, 0.717) is 6.61 Å². The van der Waals surface area contributed by atoms with Gasteiger partial charge in [0.25, 0.3) is 0 Å². The summed E-state index contributed by atoms with van der Waals surface area (Å²) in [5, 5.41) is 9.65.